The highest BCUT2D eigenvalue weighted by molar-refractivity contribution is 7.89. The van der Waals surface area contributed by atoms with E-state index < -0.39 is 15.9 Å². The number of carbonyl (C=O) groups is 1. The third kappa shape index (κ3) is 3.83. The van der Waals surface area contributed by atoms with Crippen LogP contribution in [-0.2, 0) is 21.2 Å². The van der Waals surface area contributed by atoms with Crippen molar-refractivity contribution < 1.29 is 22.7 Å². The van der Waals surface area contributed by atoms with Crippen LogP contribution >= 0.6 is 11.3 Å². The normalized spacial score (nSPS) is 13.5. The maximum absolute atomic E-state index is 12.2. The lowest BCUT2D eigenvalue weighted by Crippen LogP contribution is -2.42. The molecule has 24 heavy (non-hydrogen) atoms. The molecule has 1 aliphatic rings. The molecule has 0 spiro atoms. The molecule has 2 N–H and O–H groups in total. The minimum atomic E-state index is -3.91. The molecule has 0 bridgehead atoms. The maximum atomic E-state index is 12.2. The number of aryl methyl sites for hydroxylation is 1. The Morgan fingerprint density at radius 3 is 2.75 bits per heavy atom. The molecule has 0 unspecified atom stereocenters. The summed E-state index contributed by atoms with van der Waals surface area (Å²) in [7, 11) is -3.91. The summed E-state index contributed by atoms with van der Waals surface area (Å²) in [6, 6.07) is 4.25. The monoisotopic (exact) mass is 369 g/mol. The average Bonchev–Trinajstić information content (AvgIpc) is 2.97. The molecule has 0 saturated heterocycles. The van der Waals surface area contributed by atoms with Gasteiger partial charge in [0.2, 0.25) is 5.91 Å². The number of aromatic nitrogens is 1. The van der Waals surface area contributed by atoms with Crippen molar-refractivity contribution in [3.8, 4) is 11.5 Å². The molecule has 1 aromatic heterocycles. The standard InChI is InChI=1S/C14H15N3O5S2/c1-9-8-23-14(15-9)7-13(18)16-17-24(19,20)10-2-3-11-12(6-10)22-5-4-21-11/h2-3,6,8,17H,4-5,7H2,1H3,(H,16,18). The van der Waals surface area contributed by atoms with Crippen molar-refractivity contribution in [2.24, 2.45) is 0 Å². The van der Waals surface area contributed by atoms with Gasteiger partial charge in [0.1, 0.15) is 18.2 Å². The zero-order chi connectivity index (χ0) is 17.2. The molecule has 0 fully saturated rings. The molecule has 1 aromatic carbocycles. The largest absolute Gasteiger partial charge is 0.486 e. The molecule has 1 amide bonds. The van der Waals surface area contributed by atoms with Gasteiger partial charge in [0.05, 0.1) is 11.3 Å². The van der Waals surface area contributed by atoms with E-state index in [0.29, 0.717) is 29.7 Å². The lowest BCUT2D eigenvalue weighted by molar-refractivity contribution is -0.120. The van der Waals surface area contributed by atoms with Crippen LogP contribution in [0.15, 0.2) is 28.5 Å². The summed E-state index contributed by atoms with van der Waals surface area (Å²) in [5, 5.41) is 2.44. The molecular formula is C14H15N3O5S2. The van der Waals surface area contributed by atoms with Gasteiger partial charge in [-0.15, -0.1) is 16.2 Å². The Labute approximate surface area is 142 Å². The summed E-state index contributed by atoms with van der Waals surface area (Å²) < 4.78 is 35.2. The minimum absolute atomic E-state index is 0.00215. The second kappa shape index (κ2) is 6.75. The van der Waals surface area contributed by atoms with Crippen molar-refractivity contribution in [2.45, 2.75) is 18.2 Å². The Morgan fingerprint density at radius 2 is 2.04 bits per heavy atom. The van der Waals surface area contributed by atoms with Crippen LogP contribution in [0.5, 0.6) is 11.5 Å². The van der Waals surface area contributed by atoms with Crippen LogP contribution in [0.4, 0.5) is 0 Å². The topological polar surface area (TPSA) is 107 Å². The molecule has 0 atom stereocenters. The van der Waals surface area contributed by atoms with Gasteiger partial charge in [-0.25, -0.2) is 13.4 Å². The summed E-state index contributed by atoms with van der Waals surface area (Å²) in [4.78, 5) is 18.0. The zero-order valence-electron chi connectivity index (χ0n) is 12.7. The van der Waals surface area contributed by atoms with Gasteiger partial charge in [0.25, 0.3) is 10.0 Å². The number of sulfonamides is 1. The number of carbonyl (C=O) groups excluding carboxylic acids is 1. The van der Waals surface area contributed by atoms with E-state index in [0.717, 1.165) is 5.69 Å². The second-order valence-corrected chi connectivity index (χ2v) is 7.64. The molecule has 0 aliphatic carbocycles. The minimum Gasteiger partial charge on any atom is -0.486 e. The number of benzene rings is 1. The SMILES string of the molecule is Cc1csc(CC(=O)NNS(=O)(=O)c2ccc3c(c2)OCCO3)n1. The van der Waals surface area contributed by atoms with Crippen molar-refractivity contribution in [3.63, 3.8) is 0 Å². The maximum Gasteiger partial charge on any atom is 0.257 e. The Kier molecular flexibility index (Phi) is 4.69. The van der Waals surface area contributed by atoms with E-state index in [1.807, 2.05) is 12.3 Å². The fourth-order valence-corrected chi connectivity index (χ4v) is 3.69. The molecular weight excluding hydrogens is 354 g/mol. The number of nitrogens with one attached hydrogen (secondary N) is 2. The Morgan fingerprint density at radius 1 is 1.29 bits per heavy atom. The first-order chi connectivity index (χ1) is 11.4. The Hall–Kier alpha value is -2.17. The Bertz CT molecular complexity index is 863. The highest BCUT2D eigenvalue weighted by Crippen LogP contribution is 2.31. The fraction of sp³-hybridized carbons (Fsp3) is 0.286. The van der Waals surface area contributed by atoms with Crippen LogP contribution in [0.3, 0.4) is 0 Å². The van der Waals surface area contributed by atoms with E-state index >= 15 is 0 Å². The van der Waals surface area contributed by atoms with E-state index in [4.69, 9.17) is 9.47 Å². The molecule has 128 valence electrons. The highest BCUT2D eigenvalue weighted by atomic mass is 32.2. The van der Waals surface area contributed by atoms with Gasteiger partial charge < -0.3 is 9.47 Å². The number of hydrogen-bond acceptors (Lipinski definition) is 7. The molecule has 2 aromatic rings. The zero-order valence-corrected chi connectivity index (χ0v) is 14.4. The van der Waals surface area contributed by atoms with Crippen LogP contribution in [0, 0.1) is 6.92 Å². The lowest BCUT2D eigenvalue weighted by atomic mass is 10.3. The van der Waals surface area contributed by atoms with E-state index in [1.165, 1.54) is 29.5 Å². The first-order valence-electron chi connectivity index (χ1n) is 7.05. The van der Waals surface area contributed by atoms with Gasteiger partial charge in [-0.05, 0) is 19.1 Å². The van der Waals surface area contributed by atoms with Crippen LogP contribution in [0.25, 0.3) is 0 Å². The summed E-state index contributed by atoms with van der Waals surface area (Å²) in [6.45, 7) is 2.60. The van der Waals surface area contributed by atoms with Crippen molar-refractivity contribution in [2.75, 3.05) is 13.2 Å². The number of hydrogen-bond donors (Lipinski definition) is 2. The first kappa shape index (κ1) is 16.7. The van der Waals surface area contributed by atoms with Crippen LogP contribution < -0.4 is 19.7 Å². The molecule has 0 saturated carbocycles. The molecule has 1 aliphatic heterocycles. The summed E-state index contributed by atoms with van der Waals surface area (Å²) in [6.07, 6.45) is 0.00215. The van der Waals surface area contributed by atoms with Crippen LogP contribution in [-0.4, -0.2) is 32.5 Å². The summed E-state index contributed by atoms with van der Waals surface area (Å²) in [5.41, 5.74) is 3.00. The summed E-state index contributed by atoms with van der Waals surface area (Å²) >= 11 is 1.34. The summed E-state index contributed by atoms with van der Waals surface area (Å²) in [5.74, 6) is 0.350. The van der Waals surface area contributed by atoms with Gasteiger partial charge in [0.15, 0.2) is 11.5 Å². The number of ether oxygens (including phenoxy) is 2. The smallest absolute Gasteiger partial charge is 0.257 e. The van der Waals surface area contributed by atoms with Gasteiger partial charge in [-0.3, -0.25) is 10.2 Å². The predicted molar refractivity (Wildman–Crippen MR) is 86.5 cm³/mol. The lowest BCUT2D eigenvalue weighted by Gasteiger charge is -2.18. The molecule has 3 rings (SSSR count). The van der Waals surface area contributed by atoms with E-state index in [2.05, 4.69) is 15.2 Å². The van der Waals surface area contributed by atoms with Gasteiger partial charge in [-0.2, -0.15) is 0 Å². The predicted octanol–water partition coefficient (Wildman–Crippen LogP) is 0.775. The van der Waals surface area contributed by atoms with E-state index in [9.17, 15) is 13.2 Å². The van der Waals surface area contributed by atoms with Crippen molar-refractivity contribution in [1.29, 1.82) is 0 Å². The number of fused-ring (bicyclic) bond motifs is 1. The molecule has 10 heteroatoms. The average molecular weight is 369 g/mol. The third-order valence-corrected chi connectivity index (χ3v) is 5.34. The highest BCUT2D eigenvalue weighted by Gasteiger charge is 2.20. The van der Waals surface area contributed by atoms with Gasteiger partial charge >= 0.3 is 0 Å². The third-order valence-electron chi connectivity index (χ3n) is 3.13. The quantitative estimate of drug-likeness (QED) is 0.754. The van der Waals surface area contributed by atoms with Crippen LogP contribution in [0.2, 0.25) is 0 Å². The van der Waals surface area contributed by atoms with Crippen molar-refractivity contribution in [1.82, 2.24) is 15.2 Å². The van der Waals surface area contributed by atoms with Crippen LogP contribution in [0.1, 0.15) is 10.7 Å². The number of amides is 1. The van der Waals surface area contributed by atoms with E-state index in [-0.39, 0.29) is 11.3 Å². The second-order valence-electron chi connectivity index (χ2n) is 5.02. The van der Waals surface area contributed by atoms with Gasteiger partial charge in [0, 0.05) is 17.1 Å². The van der Waals surface area contributed by atoms with Gasteiger partial charge in [-0.1, -0.05) is 0 Å². The Balaban J connectivity index is 1.64. The number of nitrogens with zero attached hydrogens (tertiary/aromatic N) is 1. The fourth-order valence-electron chi connectivity index (χ4n) is 2.04. The molecule has 2 heterocycles. The van der Waals surface area contributed by atoms with E-state index in [1.54, 1.807) is 0 Å². The first-order valence-corrected chi connectivity index (χ1v) is 9.41. The van der Waals surface area contributed by atoms with Crippen molar-refractivity contribution >= 4 is 27.3 Å². The molecule has 0 radical (unpaired) electrons. The number of hydrazine groups is 1. The van der Waals surface area contributed by atoms with Crippen molar-refractivity contribution in [3.05, 3.63) is 34.3 Å². The molecule has 8 nitrogen and oxygen atoms in total. The number of thiazole rings is 1. The number of rotatable bonds is 5.